The summed E-state index contributed by atoms with van der Waals surface area (Å²) in [6, 6.07) is 4.79. The summed E-state index contributed by atoms with van der Waals surface area (Å²) in [5, 5.41) is 7.08. The lowest BCUT2D eigenvalue weighted by molar-refractivity contribution is 0.633. The Hall–Kier alpha value is -1.29. The molecule has 2 N–H and O–H groups in total. The molecule has 18 heavy (non-hydrogen) atoms. The number of aromatic nitrogens is 1. The van der Waals surface area contributed by atoms with Gasteiger partial charge in [0.15, 0.2) is 5.82 Å². The number of rotatable bonds is 4. The van der Waals surface area contributed by atoms with Gasteiger partial charge in [-0.25, -0.2) is 4.98 Å². The molecule has 98 valence electrons. The first-order valence-corrected chi connectivity index (χ1v) is 7.11. The Balaban J connectivity index is 1.66. The molecule has 2 aliphatic rings. The molecule has 0 saturated carbocycles. The van der Waals surface area contributed by atoms with Gasteiger partial charge in [-0.1, -0.05) is 0 Å². The van der Waals surface area contributed by atoms with E-state index in [1.165, 1.54) is 37.9 Å². The third kappa shape index (κ3) is 2.58. The van der Waals surface area contributed by atoms with Crippen molar-refractivity contribution in [1.82, 2.24) is 10.3 Å². The van der Waals surface area contributed by atoms with E-state index in [4.69, 9.17) is 0 Å². The molecule has 1 atom stereocenters. The van der Waals surface area contributed by atoms with Crippen LogP contribution in [0.2, 0.25) is 0 Å². The zero-order valence-electron chi connectivity index (χ0n) is 10.9. The highest BCUT2D eigenvalue weighted by molar-refractivity contribution is 5.65. The third-order valence-electron chi connectivity index (χ3n) is 3.89. The minimum atomic E-state index is 0.622. The van der Waals surface area contributed by atoms with Crippen LogP contribution in [0.15, 0.2) is 18.3 Å². The number of nitrogens with zero attached hydrogens (tertiary/aromatic N) is 2. The smallest absolute Gasteiger partial charge is 0.151 e. The first-order valence-electron chi connectivity index (χ1n) is 7.11. The molecule has 3 rings (SSSR count). The highest BCUT2D eigenvalue weighted by atomic mass is 15.2. The lowest BCUT2D eigenvalue weighted by atomic mass is 10.2. The minimum absolute atomic E-state index is 0.622. The summed E-state index contributed by atoms with van der Waals surface area (Å²) in [6.45, 7) is 4.46. The molecule has 0 aromatic carbocycles. The average Bonchev–Trinajstić information content (AvgIpc) is 3.10. The van der Waals surface area contributed by atoms with E-state index >= 15 is 0 Å². The Morgan fingerprint density at radius 3 is 3.00 bits per heavy atom. The molecule has 2 saturated heterocycles. The van der Waals surface area contributed by atoms with Gasteiger partial charge in [0.05, 0.1) is 5.69 Å². The van der Waals surface area contributed by atoms with Crippen LogP contribution < -0.4 is 15.5 Å². The van der Waals surface area contributed by atoms with Gasteiger partial charge in [0.2, 0.25) is 0 Å². The van der Waals surface area contributed by atoms with Gasteiger partial charge in [0.1, 0.15) is 0 Å². The predicted molar refractivity (Wildman–Crippen MR) is 75.2 cm³/mol. The number of anilines is 2. The van der Waals surface area contributed by atoms with Crippen molar-refractivity contribution >= 4 is 11.5 Å². The van der Waals surface area contributed by atoms with Crippen molar-refractivity contribution in [3.63, 3.8) is 0 Å². The van der Waals surface area contributed by atoms with Crippen molar-refractivity contribution in [3.8, 4) is 0 Å². The van der Waals surface area contributed by atoms with E-state index in [1.807, 2.05) is 12.3 Å². The van der Waals surface area contributed by atoms with Gasteiger partial charge < -0.3 is 15.5 Å². The fraction of sp³-hybridized carbons (Fsp3) is 0.643. The molecular formula is C14H22N4. The number of hydrogen-bond donors (Lipinski definition) is 2. The first-order chi connectivity index (χ1) is 8.93. The number of pyridine rings is 1. The molecule has 0 spiro atoms. The van der Waals surface area contributed by atoms with Crippen LogP contribution in [0, 0.1) is 0 Å². The second-order valence-corrected chi connectivity index (χ2v) is 5.24. The van der Waals surface area contributed by atoms with E-state index in [-0.39, 0.29) is 0 Å². The molecule has 2 aliphatic heterocycles. The normalized spacial score (nSPS) is 23.6. The second kappa shape index (κ2) is 5.57. The largest absolute Gasteiger partial charge is 0.380 e. The van der Waals surface area contributed by atoms with Crippen molar-refractivity contribution in [2.45, 2.75) is 31.7 Å². The van der Waals surface area contributed by atoms with E-state index in [9.17, 15) is 0 Å². The topological polar surface area (TPSA) is 40.2 Å². The third-order valence-corrected chi connectivity index (χ3v) is 3.89. The fourth-order valence-electron chi connectivity index (χ4n) is 2.88. The van der Waals surface area contributed by atoms with Gasteiger partial charge in [-0.2, -0.15) is 0 Å². The maximum atomic E-state index is 4.55. The standard InChI is InChI=1S/C14H22N4/c1-2-10-18(9-1)14-13(6-4-8-16-14)17-11-12-5-3-7-15-12/h4,6,8,12,15,17H,1-3,5,7,9-11H2. The van der Waals surface area contributed by atoms with Crippen LogP contribution in [0.5, 0.6) is 0 Å². The van der Waals surface area contributed by atoms with Crippen molar-refractivity contribution < 1.29 is 0 Å². The molecule has 2 fully saturated rings. The summed E-state index contributed by atoms with van der Waals surface area (Å²) in [5.41, 5.74) is 1.19. The van der Waals surface area contributed by atoms with Crippen molar-refractivity contribution in [3.05, 3.63) is 18.3 Å². The summed E-state index contributed by atoms with van der Waals surface area (Å²) in [5.74, 6) is 1.13. The van der Waals surface area contributed by atoms with Gasteiger partial charge in [-0.05, 0) is 44.4 Å². The second-order valence-electron chi connectivity index (χ2n) is 5.24. The quantitative estimate of drug-likeness (QED) is 0.850. The van der Waals surface area contributed by atoms with Crippen LogP contribution in [0.3, 0.4) is 0 Å². The zero-order valence-corrected chi connectivity index (χ0v) is 10.9. The van der Waals surface area contributed by atoms with E-state index in [1.54, 1.807) is 0 Å². The van der Waals surface area contributed by atoms with Crippen LogP contribution in [-0.2, 0) is 0 Å². The lowest BCUT2D eigenvalue weighted by Gasteiger charge is -2.21. The molecule has 0 radical (unpaired) electrons. The molecule has 0 aliphatic carbocycles. The Labute approximate surface area is 109 Å². The summed E-state index contributed by atoms with van der Waals surface area (Å²) >= 11 is 0. The van der Waals surface area contributed by atoms with Gasteiger partial charge in [-0.3, -0.25) is 0 Å². The molecular weight excluding hydrogens is 224 g/mol. The minimum Gasteiger partial charge on any atom is -0.380 e. The molecule has 4 nitrogen and oxygen atoms in total. The summed E-state index contributed by atoms with van der Waals surface area (Å²) in [6.07, 6.45) is 7.07. The van der Waals surface area contributed by atoms with Crippen LogP contribution in [0.1, 0.15) is 25.7 Å². The van der Waals surface area contributed by atoms with E-state index in [0.29, 0.717) is 6.04 Å². The van der Waals surface area contributed by atoms with E-state index < -0.39 is 0 Å². The molecule has 1 unspecified atom stereocenters. The monoisotopic (exact) mass is 246 g/mol. The Morgan fingerprint density at radius 1 is 1.33 bits per heavy atom. The molecule has 0 amide bonds. The summed E-state index contributed by atoms with van der Waals surface area (Å²) in [4.78, 5) is 6.94. The van der Waals surface area contributed by atoms with Gasteiger partial charge in [-0.15, -0.1) is 0 Å². The van der Waals surface area contributed by atoms with Crippen LogP contribution >= 0.6 is 0 Å². The van der Waals surface area contributed by atoms with Crippen LogP contribution in [0.25, 0.3) is 0 Å². The predicted octanol–water partition coefficient (Wildman–Crippen LogP) is 1.85. The zero-order chi connectivity index (χ0) is 12.2. The van der Waals surface area contributed by atoms with Crippen molar-refractivity contribution in [1.29, 1.82) is 0 Å². The van der Waals surface area contributed by atoms with Gasteiger partial charge in [0, 0.05) is 31.9 Å². The maximum Gasteiger partial charge on any atom is 0.151 e. The SMILES string of the molecule is c1cnc(N2CCCC2)c(NCC2CCCN2)c1. The number of hydrogen-bond acceptors (Lipinski definition) is 4. The average molecular weight is 246 g/mol. The van der Waals surface area contributed by atoms with Gasteiger partial charge >= 0.3 is 0 Å². The first kappa shape index (κ1) is 11.8. The molecule has 4 heteroatoms. The number of nitrogens with one attached hydrogen (secondary N) is 2. The van der Waals surface area contributed by atoms with Crippen LogP contribution in [-0.4, -0.2) is 37.2 Å². The summed E-state index contributed by atoms with van der Waals surface area (Å²) < 4.78 is 0. The fourth-order valence-corrected chi connectivity index (χ4v) is 2.88. The van der Waals surface area contributed by atoms with E-state index in [2.05, 4.69) is 26.6 Å². The Bertz CT molecular complexity index is 381. The van der Waals surface area contributed by atoms with Gasteiger partial charge in [0.25, 0.3) is 0 Å². The molecule has 1 aromatic heterocycles. The van der Waals surface area contributed by atoms with E-state index in [0.717, 1.165) is 25.5 Å². The highest BCUT2D eigenvalue weighted by Crippen LogP contribution is 2.26. The van der Waals surface area contributed by atoms with Crippen molar-refractivity contribution in [2.24, 2.45) is 0 Å². The van der Waals surface area contributed by atoms with Crippen molar-refractivity contribution in [2.75, 3.05) is 36.4 Å². The molecule has 1 aromatic rings. The Kier molecular flexibility index (Phi) is 3.64. The highest BCUT2D eigenvalue weighted by Gasteiger charge is 2.18. The Morgan fingerprint density at radius 2 is 2.22 bits per heavy atom. The van der Waals surface area contributed by atoms with Crippen LogP contribution in [0.4, 0.5) is 11.5 Å². The molecule has 3 heterocycles. The maximum absolute atomic E-state index is 4.55. The lowest BCUT2D eigenvalue weighted by Crippen LogP contribution is -2.30. The molecule has 0 bridgehead atoms. The summed E-state index contributed by atoms with van der Waals surface area (Å²) in [7, 11) is 0.